The second kappa shape index (κ2) is 15.7. The molecule has 1 fully saturated rings. The number of nitrogens with one attached hydrogen (secondary N) is 2. The number of aliphatic imine (C=N–C) groups is 1. The van der Waals surface area contributed by atoms with Crippen molar-refractivity contribution in [2.75, 3.05) is 45.9 Å². The number of ether oxygens (including phenoxy) is 2. The van der Waals surface area contributed by atoms with E-state index < -0.39 is 0 Å². The first-order chi connectivity index (χ1) is 14.2. The van der Waals surface area contributed by atoms with Gasteiger partial charge in [-0.1, -0.05) is 26.0 Å². The monoisotopic (exact) mass is 532 g/mol. The molecule has 1 saturated heterocycles. The molecule has 1 atom stereocenters. The first kappa shape index (κ1) is 27.0. The molecule has 172 valence electrons. The lowest BCUT2D eigenvalue weighted by molar-refractivity contribution is 0.140. The molecule has 0 spiro atoms. The van der Waals surface area contributed by atoms with E-state index in [4.69, 9.17) is 14.5 Å². The van der Waals surface area contributed by atoms with E-state index in [9.17, 15) is 0 Å². The van der Waals surface area contributed by atoms with Gasteiger partial charge >= 0.3 is 0 Å². The van der Waals surface area contributed by atoms with Crippen molar-refractivity contribution in [3.63, 3.8) is 0 Å². The number of benzene rings is 1. The van der Waals surface area contributed by atoms with Gasteiger partial charge < -0.3 is 25.0 Å². The fraction of sp³-hybridized carbons (Fsp3) is 0.696. The van der Waals surface area contributed by atoms with Crippen LogP contribution in [-0.2, 0) is 11.3 Å². The highest BCUT2D eigenvalue weighted by molar-refractivity contribution is 14.0. The number of guanidine groups is 1. The second-order valence-corrected chi connectivity index (χ2v) is 7.57. The maximum absolute atomic E-state index is 6.20. The molecule has 0 bridgehead atoms. The molecule has 0 radical (unpaired) electrons. The van der Waals surface area contributed by atoms with Crippen LogP contribution in [0.1, 0.15) is 51.2 Å². The van der Waals surface area contributed by atoms with Crippen LogP contribution in [-0.4, -0.2) is 62.9 Å². The predicted molar refractivity (Wildman–Crippen MR) is 136 cm³/mol. The van der Waals surface area contributed by atoms with Crippen LogP contribution in [0, 0.1) is 6.92 Å². The topological polar surface area (TPSA) is 58.1 Å². The quantitative estimate of drug-likeness (QED) is 0.185. The molecule has 0 amide bonds. The minimum Gasteiger partial charge on any atom is -0.488 e. The van der Waals surface area contributed by atoms with Crippen molar-refractivity contribution < 1.29 is 9.47 Å². The zero-order valence-electron chi connectivity index (χ0n) is 19.2. The summed E-state index contributed by atoms with van der Waals surface area (Å²) >= 11 is 0. The third kappa shape index (κ3) is 9.83. The molecule has 1 aliphatic rings. The molecule has 0 aromatic heterocycles. The van der Waals surface area contributed by atoms with Gasteiger partial charge in [0.25, 0.3) is 0 Å². The highest BCUT2D eigenvalue weighted by atomic mass is 127. The Morgan fingerprint density at radius 1 is 1.20 bits per heavy atom. The Bertz CT molecular complexity index is 617. The fourth-order valence-electron chi connectivity index (χ4n) is 3.40. The van der Waals surface area contributed by atoms with Gasteiger partial charge in [0.2, 0.25) is 0 Å². The minimum atomic E-state index is 0. The van der Waals surface area contributed by atoms with Gasteiger partial charge in [0, 0.05) is 25.1 Å². The van der Waals surface area contributed by atoms with E-state index in [-0.39, 0.29) is 30.1 Å². The summed E-state index contributed by atoms with van der Waals surface area (Å²) in [6.45, 7) is 15.9. The van der Waals surface area contributed by atoms with Crippen LogP contribution in [0.4, 0.5) is 0 Å². The third-order valence-corrected chi connectivity index (χ3v) is 5.24. The maximum atomic E-state index is 6.20. The van der Waals surface area contributed by atoms with E-state index in [1.807, 2.05) is 0 Å². The van der Waals surface area contributed by atoms with E-state index in [0.29, 0.717) is 13.2 Å². The van der Waals surface area contributed by atoms with Gasteiger partial charge in [-0.25, -0.2) is 4.99 Å². The Morgan fingerprint density at radius 2 is 2.00 bits per heavy atom. The van der Waals surface area contributed by atoms with Gasteiger partial charge in [0.1, 0.15) is 11.9 Å². The largest absolute Gasteiger partial charge is 0.488 e. The van der Waals surface area contributed by atoms with Crippen molar-refractivity contribution in [1.29, 1.82) is 0 Å². The van der Waals surface area contributed by atoms with Gasteiger partial charge in [-0.2, -0.15) is 0 Å². The second-order valence-electron chi connectivity index (χ2n) is 7.57. The van der Waals surface area contributed by atoms with Crippen LogP contribution in [0.3, 0.4) is 0 Å². The number of unbranched alkanes of at least 4 members (excludes halogenated alkanes) is 1. The Balaban J connectivity index is 0.00000450. The summed E-state index contributed by atoms with van der Waals surface area (Å²) < 4.78 is 11.6. The van der Waals surface area contributed by atoms with E-state index in [2.05, 4.69) is 61.4 Å². The van der Waals surface area contributed by atoms with Crippen LogP contribution >= 0.6 is 24.0 Å². The van der Waals surface area contributed by atoms with Crippen molar-refractivity contribution in [2.45, 2.75) is 59.6 Å². The zero-order valence-corrected chi connectivity index (χ0v) is 21.5. The SMILES string of the molecule is CCNC(=NCc1ccc(C)cc1OC1CCOC1)NCCCCN(CC)CC.I. The molecule has 2 rings (SSSR count). The molecule has 0 saturated carbocycles. The number of hydrogen-bond acceptors (Lipinski definition) is 4. The fourth-order valence-corrected chi connectivity index (χ4v) is 3.40. The number of halogens is 1. The van der Waals surface area contributed by atoms with Crippen molar-refractivity contribution in [3.8, 4) is 5.75 Å². The molecule has 1 heterocycles. The van der Waals surface area contributed by atoms with Crippen molar-refractivity contribution in [1.82, 2.24) is 15.5 Å². The van der Waals surface area contributed by atoms with Gasteiger partial charge in [-0.15, -0.1) is 24.0 Å². The first-order valence-electron chi connectivity index (χ1n) is 11.2. The standard InChI is InChI=1S/C23H40N4O2.HI/c1-5-24-23(25-13-8-9-14-27(6-2)7-3)26-17-20-11-10-19(4)16-22(20)29-21-12-15-28-18-21;/h10-11,16,21H,5-9,12-15,17-18H2,1-4H3,(H2,24,25,26);1H. The molecule has 2 N–H and O–H groups in total. The molecule has 1 aromatic rings. The number of hydrogen-bond donors (Lipinski definition) is 2. The van der Waals surface area contributed by atoms with E-state index in [1.165, 1.54) is 12.0 Å². The van der Waals surface area contributed by atoms with Crippen LogP contribution in [0.15, 0.2) is 23.2 Å². The molecule has 1 aliphatic heterocycles. The van der Waals surface area contributed by atoms with E-state index >= 15 is 0 Å². The van der Waals surface area contributed by atoms with Crippen LogP contribution in [0.5, 0.6) is 5.75 Å². The first-order valence-corrected chi connectivity index (χ1v) is 11.2. The number of nitrogens with zero attached hydrogens (tertiary/aromatic N) is 2. The Hall–Kier alpha value is -1.06. The molecular weight excluding hydrogens is 491 g/mol. The Kier molecular flexibility index (Phi) is 14.1. The van der Waals surface area contributed by atoms with E-state index in [1.54, 1.807) is 0 Å². The van der Waals surface area contributed by atoms with Crippen LogP contribution in [0.25, 0.3) is 0 Å². The van der Waals surface area contributed by atoms with Crippen molar-refractivity contribution in [2.24, 2.45) is 4.99 Å². The summed E-state index contributed by atoms with van der Waals surface area (Å²) in [5, 5.41) is 6.81. The molecule has 0 aliphatic carbocycles. The molecule has 6 nitrogen and oxygen atoms in total. The average Bonchev–Trinajstić information content (AvgIpc) is 3.23. The highest BCUT2D eigenvalue weighted by Crippen LogP contribution is 2.24. The number of aryl methyl sites for hydroxylation is 1. The van der Waals surface area contributed by atoms with Crippen LogP contribution < -0.4 is 15.4 Å². The Morgan fingerprint density at radius 3 is 2.67 bits per heavy atom. The van der Waals surface area contributed by atoms with E-state index in [0.717, 1.165) is 69.4 Å². The van der Waals surface area contributed by atoms with Crippen molar-refractivity contribution in [3.05, 3.63) is 29.3 Å². The lowest BCUT2D eigenvalue weighted by Gasteiger charge is -2.18. The lowest BCUT2D eigenvalue weighted by Crippen LogP contribution is -2.38. The average molecular weight is 533 g/mol. The summed E-state index contributed by atoms with van der Waals surface area (Å²) in [6, 6.07) is 6.35. The Labute approximate surface area is 200 Å². The third-order valence-electron chi connectivity index (χ3n) is 5.24. The zero-order chi connectivity index (χ0) is 20.9. The maximum Gasteiger partial charge on any atom is 0.191 e. The lowest BCUT2D eigenvalue weighted by atomic mass is 10.1. The molecule has 1 unspecified atom stereocenters. The van der Waals surface area contributed by atoms with Gasteiger partial charge in [0.15, 0.2) is 5.96 Å². The minimum absolute atomic E-state index is 0. The summed E-state index contributed by atoms with van der Waals surface area (Å²) in [5.41, 5.74) is 2.31. The molecule has 30 heavy (non-hydrogen) atoms. The van der Waals surface area contributed by atoms with Gasteiger partial charge in [-0.3, -0.25) is 0 Å². The summed E-state index contributed by atoms with van der Waals surface area (Å²) in [5.74, 6) is 1.80. The summed E-state index contributed by atoms with van der Waals surface area (Å²) in [6.07, 6.45) is 3.44. The normalized spacial score (nSPS) is 16.4. The smallest absolute Gasteiger partial charge is 0.191 e. The molecular formula is C23H41IN4O2. The van der Waals surface area contributed by atoms with Gasteiger partial charge in [-0.05, 0) is 58.0 Å². The van der Waals surface area contributed by atoms with Crippen molar-refractivity contribution >= 4 is 29.9 Å². The summed E-state index contributed by atoms with van der Waals surface area (Å²) in [7, 11) is 0. The van der Waals surface area contributed by atoms with Gasteiger partial charge in [0.05, 0.1) is 19.8 Å². The summed E-state index contributed by atoms with van der Waals surface area (Å²) in [4.78, 5) is 7.25. The van der Waals surface area contributed by atoms with Crippen LogP contribution in [0.2, 0.25) is 0 Å². The predicted octanol–water partition coefficient (Wildman–Crippen LogP) is 3.96. The molecule has 7 heteroatoms. The molecule has 1 aromatic carbocycles. The highest BCUT2D eigenvalue weighted by Gasteiger charge is 2.18. The number of rotatable bonds is 12.